The lowest BCUT2D eigenvalue weighted by molar-refractivity contribution is -0.113. The number of rotatable bonds is 6. The molecule has 3 rings (SSSR count). The molecular weight excluding hydrogens is 409 g/mol. The van der Waals surface area contributed by atoms with Gasteiger partial charge in [-0.2, -0.15) is 0 Å². The van der Waals surface area contributed by atoms with Crippen molar-refractivity contribution in [1.29, 1.82) is 0 Å². The van der Waals surface area contributed by atoms with Gasteiger partial charge >= 0.3 is 0 Å². The van der Waals surface area contributed by atoms with Gasteiger partial charge in [0.25, 0.3) is 0 Å². The van der Waals surface area contributed by atoms with Crippen LogP contribution in [0.1, 0.15) is 16.4 Å². The average Bonchev–Trinajstić information content (AvgIpc) is 2.75. The molecule has 2 nitrogen and oxygen atoms in total. The van der Waals surface area contributed by atoms with Gasteiger partial charge in [-0.3, -0.25) is 4.79 Å². The first-order valence-corrected chi connectivity index (χ1v) is 9.47. The second-order valence-electron chi connectivity index (χ2n) is 6.01. The van der Waals surface area contributed by atoms with E-state index in [-0.39, 0.29) is 11.0 Å². The summed E-state index contributed by atoms with van der Waals surface area (Å²) in [6.07, 6.45) is 0. The molecule has 150 valence electrons. The fraction of sp³-hybridized carbons (Fsp3) is 0.0952. The highest BCUT2D eigenvalue weighted by Gasteiger charge is 2.27. The highest BCUT2D eigenvalue weighted by Crippen LogP contribution is 2.35. The van der Waals surface area contributed by atoms with Gasteiger partial charge in [0.05, 0.1) is 11.0 Å². The summed E-state index contributed by atoms with van der Waals surface area (Å²) < 4.78 is 67.2. The Labute approximate surface area is 167 Å². The molecule has 1 N–H and O–H groups in total. The summed E-state index contributed by atoms with van der Waals surface area (Å²) in [6.45, 7) is 0. The summed E-state index contributed by atoms with van der Waals surface area (Å²) in [5.74, 6) is -11.8. The minimum atomic E-state index is -2.28. The molecule has 0 atom stereocenters. The Balaban J connectivity index is 1.79. The van der Waals surface area contributed by atoms with Crippen LogP contribution in [0.15, 0.2) is 60.7 Å². The zero-order chi connectivity index (χ0) is 21.0. The minimum absolute atomic E-state index is 0.264. The van der Waals surface area contributed by atoms with Gasteiger partial charge < -0.3 is 5.32 Å². The molecule has 3 aromatic carbocycles. The zero-order valence-corrected chi connectivity index (χ0v) is 15.6. The quantitative estimate of drug-likeness (QED) is 0.306. The van der Waals surface area contributed by atoms with Gasteiger partial charge in [-0.05, 0) is 11.1 Å². The number of hydrogen-bond acceptors (Lipinski definition) is 2. The molecule has 0 aliphatic carbocycles. The number of amides is 1. The lowest BCUT2D eigenvalue weighted by atomic mass is 10.0. The average molecular weight is 423 g/mol. The third-order valence-corrected chi connectivity index (χ3v) is 5.37. The number of carbonyl (C=O) groups excluding carboxylic acids is 1. The fourth-order valence-electron chi connectivity index (χ4n) is 2.69. The standard InChI is InChI=1S/C21H14F5NOS/c22-15-16(23)18(25)20(19(26)17(15)24)27-14(28)11-29-21(12-7-3-1-4-8-12)13-9-5-2-6-10-13/h1-10,21H,11H2,(H,27,28). The van der Waals surface area contributed by atoms with Gasteiger partial charge in [-0.1, -0.05) is 60.7 Å². The molecule has 0 spiro atoms. The summed E-state index contributed by atoms with van der Waals surface area (Å²) in [5, 5.41) is 1.52. The Morgan fingerprint density at radius 2 is 1.14 bits per heavy atom. The second-order valence-corrected chi connectivity index (χ2v) is 7.10. The summed E-state index contributed by atoms with van der Waals surface area (Å²) in [4.78, 5) is 12.2. The lowest BCUT2D eigenvalue weighted by Crippen LogP contribution is -2.19. The number of anilines is 1. The molecule has 0 aliphatic rings. The van der Waals surface area contributed by atoms with E-state index < -0.39 is 40.7 Å². The first-order valence-electron chi connectivity index (χ1n) is 8.43. The summed E-state index contributed by atoms with van der Waals surface area (Å²) in [7, 11) is 0. The van der Waals surface area contributed by atoms with E-state index in [1.54, 1.807) is 5.32 Å². The van der Waals surface area contributed by atoms with E-state index in [1.165, 1.54) is 0 Å². The number of hydrogen-bond donors (Lipinski definition) is 1. The van der Waals surface area contributed by atoms with Crippen LogP contribution in [0, 0.1) is 29.1 Å². The van der Waals surface area contributed by atoms with Crippen molar-refractivity contribution < 1.29 is 26.7 Å². The van der Waals surface area contributed by atoms with Crippen molar-refractivity contribution in [3.05, 3.63) is 101 Å². The Morgan fingerprint density at radius 3 is 1.59 bits per heavy atom. The number of nitrogens with one attached hydrogen (secondary N) is 1. The highest BCUT2D eigenvalue weighted by atomic mass is 32.2. The van der Waals surface area contributed by atoms with Gasteiger partial charge in [0.2, 0.25) is 11.7 Å². The molecule has 0 saturated carbocycles. The van der Waals surface area contributed by atoms with Gasteiger partial charge in [0.1, 0.15) is 5.69 Å². The van der Waals surface area contributed by atoms with Crippen LogP contribution >= 0.6 is 11.8 Å². The van der Waals surface area contributed by atoms with Crippen LogP contribution in [0.25, 0.3) is 0 Å². The predicted molar refractivity (Wildman–Crippen MR) is 102 cm³/mol. The van der Waals surface area contributed by atoms with Crippen molar-refractivity contribution in [2.24, 2.45) is 0 Å². The van der Waals surface area contributed by atoms with E-state index in [2.05, 4.69) is 0 Å². The maximum atomic E-state index is 13.7. The van der Waals surface area contributed by atoms with Crippen LogP contribution < -0.4 is 5.32 Å². The normalized spacial score (nSPS) is 11.0. The Morgan fingerprint density at radius 1 is 0.724 bits per heavy atom. The van der Waals surface area contributed by atoms with Crippen molar-refractivity contribution in [3.8, 4) is 0 Å². The maximum absolute atomic E-state index is 13.7. The first kappa shape index (κ1) is 20.9. The van der Waals surface area contributed by atoms with E-state index in [9.17, 15) is 26.7 Å². The van der Waals surface area contributed by atoms with Crippen LogP contribution in [-0.4, -0.2) is 11.7 Å². The molecule has 8 heteroatoms. The molecule has 0 bridgehead atoms. The number of carbonyl (C=O) groups is 1. The largest absolute Gasteiger partial charge is 0.320 e. The number of benzene rings is 3. The predicted octanol–water partition coefficient (Wildman–Crippen LogP) is 5.84. The van der Waals surface area contributed by atoms with Gasteiger partial charge in [0.15, 0.2) is 23.3 Å². The number of thioether (sulfide) groups is 1. The zero-order valence-electron chi connectivity index (χ0n) is 14.8. The van der Waals surface area contributed by atoms with Crippen LogP contribution in [0.5, 0.6) is 0 Å². The van der Waals surface area contributed by atoms with Gasteiger partial charge in [0, 0.05) is 0 Å². The van der Waals surface area contributed by atoms with Crippen molar-refractivity contribution >= 4 is 23.4 Å². The molecule has 0 saturated heterocycles. The molecule has 1 amide bonds. The van der Waals surface area contributed by atoms with Crippen molar-refractivity contribution in [2.45, 2.75) is 5.25 Å². The Bertz CT molecular complexity index is 946. The molecule has 0 fully saturated rings. The van der Waals surface area contributed by atoms with E-state index in [1.807, 2.05) is 60.7 Å². The number of halogens is 5. The molecule has 0 aliphatic heterocycles. The summed E-state index contributed by atoms with van der Waals surface area (Å²) in [6, 6.07) is 18.5. The first-order chi connectivity index (χ1) is 13.9. The lowest BCUT2D eigenvalue weighted by Gasteiger charge is -2.18. The third kappa shape index (κ3) is 4.59. The summed E-state index contributed by atoms with van der Waals surface area (Å²) >= 11 is 1.16. The van der Waals surface area contributed by atoms with E-state index in [0.29, 0.717) is 0 Å². The maximum Gasteiger partial charge on any atom is 0.234 e. The van der Waals surface area contributed by atoms with Gasteiger partial charge in [-0.25, -0.2) is 22.0 Å². The molecule has 0 heterocycles. The smallest absolute Gasteiger partial charge is 0.234 e. The Hall–Kier alpha value is -2.87. The molecule has 0 radical (unpaired) electrons. The van der Waals surface area contributed by atoms with E-state index >= 15 is 0 Å². The molecule has 3 aromatic rings. The van der Waals surface area contributed by atoms with Crippen molar-refractivity contribution in [2.75, 3.05) is 11.1 Å². The SMILES string of the molecule is O=C(CSC(c1ccccc1)c1ccccc1)Nc1c(F)c(F)c(F)c(F)c1F. The third-order valence-electron chi connectivity index (χ3n) is 4.06. The molecule has 0 unspecified atom stereocenters. The van der Waals surface area contributed by atoms with Crippen molar-refractivity contribution in [3.63, 3.8) is 0 Å². The Kier molecular flexibility index (Phi) is 6.53. The highest BCUT2D eigenvalue weighted by molar-refractivity contribution is 8.00. The minimum Gasteiger partial charge on any atom is -0.320 e. The van der Waals surface area contributed by atoms with Crippen LogP contribution in [0.3, 0.4) is 0 Å². The van der Waals surface area contributed by atoms with Crippen LogP contribution in [-0.2, 0) is 4.79 Å². The fourth-order valence-corrected chi connectivity index (χ4v) is 3.78. The van der Waals surface area contributed by atoms with E-state index in [0.717, 1.165) is 22.9 Å². The van der Waals surface area contributed by atoms with Gasteiger partial charge in [-0.15, -0.1) is 11.8 Å². The monoisotopic (exact) mass is 423 g/mol. The van der Waals surface area contributed by atoms with Crippen LogP contribution in [0.2, 0.25) is 0 Å². The summed E-state index contributed by atoms with van der Waals surface area (Å²) in [5.41, 5.74) is 0.434. The van der Waals surface area contributed by atoms with E-state index in [4.69, 9.17) is 0 Å². The topological polar surface area (TPSA) is 29.1 Å². The van der Waals surface area contributed by atoms with Crippen LogP contribution in [0.4, 0.5) is 27.6 Å². The molecular formula is C21H14F5NOS. The van der Waals surface area contributed by atoms with Crippen molar-refractivity contribution in [1.82, 2.24) is 0 Å². The second kappa shape index (κ2) is 9.09. The molecule has 0 aromatic heterocycles. The molecule has 29 heavy (non-hydrogen) atoms.